The van der Waals surface area contributed by atoms with Gasteiger partial charge >= 0.3 is 0 Å². The van der Waals surface area contributed by atoms with Crippen LogP contribution in [0.15, 0.2) is 45.4 Å². The summed E-state index contributed by atoms with van der Waals surface area (Å²) in [7, 11) is 0. The van der Waals surface area contributed by atoms with Gasteiger partial charge in [-0.2, -0.15) is 10.2 Å². The number of hydrogen-bond acceptors (Lipinski definition) is 7. The molecule has 1 unspecified atom stereocenters. The Morgan fingerprint density at radius 3 is 2.59 bits per heavy atom. The van der Waals surface area contributed by atoms with Crippen molar-refractivity contribution < 1.29 is 18.4 Å². The van der Waals surface area contributed by atoms with E-state index >= 15 is 0 Å². The van der Waals surface area contributed by atoms with Crippen LogP contribution < -0.4 is 9.80 Å². The summed E-state index contributed by atoms with van der Waals surface area (Å²) in [6.07, 6.45) is 2.03. The lowest BCUT2D eigenvalue weighted by Crippen LogP contribution is -2.51. The monoisotopic (exact) mass is 459 g/mol. The number of hydrogen-bond donors (Lipinski definition) is 0. The Morgan fingerprint density at radius 2 is 1.91 bits per heavy atom. The van der Waals surface area contributed by atoms with Crippen LogP contribution in [0.5, 0.6) is 0 Å². The van der Waals surface area contributed by atoms with Crippen LogP contribution in [0.4, 0.5) is 11.6 Å². The van der Waals surface area contributed by atoms with E-state index in [1.807, 2.05) is 36.9 Å². The Kier molecular flexibility index (Phi) is 5.57. The zero-order valence-corrected chi connectivity index (χ0v) is 19.2. The number of carbonyl (C=O) groups is 2. The minimum Gasteiger partial charge on any atom is -0.459 e. The van der Waals surface area contributed by atoms with Gasteiger partial charge < -0.3 is 23.5 Å². The molecule has 0 N–H and O–H groups in total. The van der Waals surface area contributed by atoms with Gasteiger partial charge in [0.15, 0.2) is 5.76 Å². The summed E-state index contributed by atoms with van der Waals surface area (Å²) in [5, 5.41) is 9.49. The zero-order valence-electron chi connectivity index (χ0n) is 19.2. The molecule has 2 aromatic heterocycles. The molecule has 2 amide bonds. The summed E-state index contributed by atoms with van der Waals surface area (Å²) >= 11 is 0. The van der Waals surface area contributed by atoms with Gasteiger partial charge in [-0.1, -0.05) is 6.07 Å². The fourth-order valence-corrected chi connectivity index (χ4v) is 4.51. The molecule has 34 heavy (non-hydrogen) atoms. The van der Waals surface area contributed by atoms with Crippen LogP contribution in [-0.2, 0) is 9.59 Å². The van der Waals surface area contributed by atoms with E-state index in [2.05, 4.69) is 11.1 Å². The quantitative estimate of drug-likeness (QED) is 0.552. The van der Waals surface area contributed by atoms with E-state index in [1.165, 1.54) is 11.8 Å². The van der Waals surface area contributed by atoms with E-state index in [9.17, 15) is 14.9 Å². The molecule has 174 valence electrons. The van der Waals surface area contributed by atoms with Crippen molar-refractivity contribution in [2.24, 2.45) is 5.92 Å². The number of carbonyl (C=O) groups excluding carboxylic acids is 2. The number of amides is 2. The highest BCUT2D eigenvalue weighted by molar-refractivity contribution is 6.09. The van der Waals surface area contributed by atoms with Gasteiger partial charge in [-0.15, -0.1) is 0 Å². The first-order valence-corrected chi connectivity index (χ1v) is 11.3. The van der Waals surface area contributed by atoms with Crippen LogP contribution in [-0.4, -0.2) is 54.4 Å². The zero-order chi connectivity index (χ0) is 23.8. The van der Waals surface area contributed by atoms with Gasteiger partial charge in [0, 0.05) is 38.4 Å². The van der Waals surface area contributed by atoms with Gasteiger partial charge in [-0.05, 0) is 55.7 Å². The molecule has 1 atom stereocenters. The number of aryl methyl sites for hydroxylation is 2. The highest BCUT2D eigenvalue weighted by Crippen LogP contribution is 2.31. The van der Waals surface area contributed by atoms with Crippen molar-refractivity contribution in [3.63, 3.8) is 0 Å². The van der Waals surface area contributed by atoms with Crippen LogP contribution in [0.25, 0.3) is 11.7 Å². The number of furan rings is 1. The molecule has 5 rings (SSSR count). The average Bonchev–Trinajstić information content (AvgIpc) is 3.60. The van der Waals surface area contributed by atoms with E-state index in [0.717, 1.165) is 11.3 Å². The molecule has 4 heterocycles. The maximum atomic E-state index is 13.2. The molecule has 0 radical (unpaired) electrons. The Labute approximate surface area is 197 Å². The standard InChI is InChI=1S/C25H25N5O4/c1-16-5-6-18(14-17(16)2)30-8-7-19(24(30)32)23(31)28-9-11-29(12-10-28)25-20(15-26)27-22(34-25)21-4-3-13-33-21/h3-6,13-14,19H,7-12H2,1-2H3. The molecule has 0 spiro atoms. The third-order valence-corrected chi connectivity index (χ3v) is 6.63. The molecule has 0 aliphatic carbocycles. The van der Waals surface area contributed by atoms with Crippen molar-refractivity contribution in [3.05, 3.63) is 53.4 Å². The lowest BCUT2D eigenvalue weighted by Gasteiger charge is -2.35. The number of nitrogens with zero attached hydrogens (tertiary/aromatic N) is 5. The van der Waals surface area contributed by atoms with Crippen molar-refractivity contribution in [3.8, 4) is 17.7 Å². The van der Waals surface area contributed by atoms with E-state index in [0.29, 0.717) is 50.8 Å². The number of anilines is 2. The van der Waals surface area contributed by atoms with Gasteiger partial charge in [-0.3, -0.25) is 9.59 Å². The number of piperazine rings is 1. The summed E-state index contributed by atoms with van der Waals surface area (Å²) in [6, 6.07) is 11.4. The first-order valence-electron chi connectivity index (χ1n) is 11.3. The predicted octanol–water partition coefficient (Wildman–Crippen LogP) is 3.12. The summed E-state index contributed by atoms with van der Waals surface area (Å²) < 4.78 is 11.1. The molecule has 0 saturated carbocycles. The largest absolute Gasteiger partial charge is 0.459 e. The van der Waals surface area contributed by atoms with Crippen LogP contribution in [0, 0.1) is 31.1 Å². The van der Waals surface area contributed by atoms with Crippen molar-refractivity contribution in [2.75, 3.05) is 42.5 Å². The van der Waals surface area contributed by atoms with Crippen LogP contribution in [0.3, 0.4) is 0 Å². The predicted molar refractivity (Wildman–Crippen MR) is 124 cm³/mol. The summed E-state index contributed by atoms with van der Waals surface area (Å²) in [6.45, 7) is 6.43. The van der Waals surface area contributed by atoms with Crippen LogP contribution >= 0.6 is 0 Å². The Morgan fingerprint density at radius 1 is 1.12 bits per heavy atom. The molecule has 9 nitrogen and oxygen atoms in total. The summed E-state index contributed by atoms with van der Waals surface area (Å²) in [4.78, 5) is 35.8. The highest BCUT2D eigenvalue weighted by Gasteiger charge is 2.40. The van der Waals surface area contributed by atoms with E-state index in [-0.39, 0.29) is 23.4 Å². The van der Waals surface area contributed by atoms with Gasteiger partial charge in [0.1, 0.15) is 12.0 Å². The smallest absolute Gasteiger partial charge is 0.266 e. The molecule has 2 saturated heterocycles. The molecule has 1 aromatic carbocycles. The number of benzene rings is 1. The van der Waals surface area contributed by atoms with Crippen molar-refractivity contribution >= 4 is 23.4 Å². The lowest BCUT2D eigenvalue weighted by molar-refractivity contribution is -0.140. The third-order valence-electron chi connectivity index (χ3n) is 6.63. The molecular weight excluding hydrogens is 434 g/mol. The second-order valence-corrected chi connectivity index (χ2v) is 8.67. The van der Waals surface area contributed by atoms with Gasteiger partial charge in [0.25, 0.3) is 5.89 Å². The Hall–Kier alpha value is -4.06. The fraction of sp³-hybridized carbons (Fsp3) is 0.360. The number of aromatic nitrogens is 1. The van der Waals surface area contributed by atoms with Gasteiger partial charge in [0.2, 0.25) is 23.4 Å². The van der Waals surface area contributed by atoms with Crippen molar-refractivity contribution in [1.82, 2.24) is 9.88 Å². The number of oxazole rings is 1. The van der Waals surface area contributed by atoms with E-state index in [1.54, 1.807) is 21.9 Å². The first kappa shape index (κ1) is 21.8. The van der Waals surface area contributed by atoms with E-state index < -0.39 is 5.92 Å². The molecule has 2 fully saturated rings. The van der Waals surface area contributed by atoms with Gasteiger partial charge in [-0.25, -0.2) is 0 Å². The molecule has 2 aliphatic rings. The molecule has 2 aliphatic heterocycles. The maximum Gasteiger partial charge on any atom is 0.266 e. The fourth-order valence-electron chi connectivity index (χ4n) is 4.51. The SMILES string of the molecule is Cc1ccc(N2CCC(C(=O)N3CCN(c4oc(-c5ccco5)nc4C#N)CC3)C2=O)cc1C. The highest BCUT2D eigenvalue weighted by atomic mass is 16.4. The number of nitriles is 1. The number of rotatable bonds is 4. The first-order chi connectivity index (χ1) is 16.5. The Bertz CT molecular complexity index is 1260. The molecular formula is C25H25N5O4. The molecule has 9 heteroatoms. The van der Waals surface area contributed by atoms with Crippen molar-refractivity contribution in [2.45, 2.75) is 20.3 Å². The summed E-state index contributed by atoms with van der Waals surface area (Å²) in [5.41, 5.74) is 3.31. The minimum atomic E-state index is -0.654. The third kappa shape index (κ3) is 3.81. The van der Waals surface area contributed by atoms with Crippen molar-refractivity contribution in [1.29, 1.82) is 5.26 Å². The molecule has 3 aromatic rings. The van der Waals surface area contributed by atoms with E-state index in [4.69, 9.17) is 8.83 Å². The molecule has 0 bridgehead atoms. The maximum absolute atomic E-state index is 13.2. The van der Waals surface area contributed by atoms with Crippen LogP contribution in [0.1, 0.15) is 23.2 Å². The van der Waals surface area contributed by atoms with Crippen LogP contribution in [0.2, 0.25) is 0 Å². The van der Waals surface area contributed by atoms with Gasteiger partial charge in [0.05, 0.1) is 6.26 Å². The Balaban J connectivity index is 1.24. The average molecular weight is 460 g/mol. The second-order valence-electron chi connectivity index (χ2n) is 8.67. The minimum absolute atomic E-state index is 0.134. The second kappa shape index (κ2) is 8.71. The normalized spacial score (nSPS) is 18.4. The topological polar surface area (TPSA) is 107 Å². The summed E-state index contributed by atoms with van der Waals surface area (Å²) in [5.74, 6) is 0.145. The lowest BCUT2D eigenvalue weighted by atomic mass is 10.1.